The normalized spacial score (nSPS) is 13.1. The third-order valence-electron chi connectivity index (χ3n) is 5.76. The molecule has 2 rings (SSSR count). The average Bonchev–Trinajstić information content (AvgIpc) is 2.87. The summed E-state index contributed by atoms with van der Waals surface area (Å²) >= 11 is 0. The monoisotopic (exact) mass is 474 g/mol. The minimum Gasteiger partial charge on any atom is -0.394 e. The molecule has 0 radical (unpaired) electrons. The summed E-state index contributed by atoms with van der Waals surface area (Å²) in [6.45, 7) is 4.23. The van der Waals surface area contributed by atoms with Crippen molar-refractivity contribution in [2.24, 2.45) is 11.8 Å². The zero-order chi connectivity index (χ0) is 24.1. The van der Waals surface area contributed by atoms with Crippen molar-refractivity contribution in [2.45, 2.75) is 25.7 Å². The highest BCUT2D eigenvalue weighted by atomic mass is 16.5. The molecule has 0 fully saturated rings. The van der Waals surface area contributed by atoms with Gasteiger partial charge in [-0.15, -0.1) is 0 Å². The molecule has 0 heterocycles. The third-order valence-corrected chi connectivity index (χ3v) is 5.76. The molecule has 0 aliphatic carbocycles. The predicted molar refractivity (Wildman–Crippen MR) is 134 cm³/mol. The van der Waals surface area contributed by atoms with Crippen LogP contribution in [0.2, 0.25) is 0 Å². The summed E-state index contributed by atoms with van der Waals surface area (Å²) in [5, 5.41) is 17.6. The van der Waals surface area contributed by atoms with Gasteiger partial charge in [0, 0.05) is 6.61 Å². The van der Waals surface area contributed by atoms with Gasteiger partial charge in [-0.3, -0.25) is 0 Å². The van der Waals surface area contributed by atoms with Crippen molar-refractivity contribution in [1.29, 1.82) is 0 Å². The highest BCUT2D eigenvalue weighted by molar-refractivity contribution is 5.17. The number of rotatable bonds is 21. The molecule has 6 heteroatoms. The Labute approximate surface area is 204 Å². The van der Waals surface area contributed by atoms with Crippen molar-refractivity contribution in [3.8, 4) is 0 Å². The van der Waals surface area contributed by atoms with Gasteiger partial charge in [0.05, 0.1) is 59.5 Å². The molecule has 0 spiro atoms. The van der Waals surface area contributed by atoms with E-state index in [1.807, 2.05) is 0 Å². The van der Waals surface area contributed by atoms with Crippen LogP contribution in [-0.2, 0) is 31.8 Å². The lowest BCUT2D eigenvalue weighted by molar-refractivity contribution is 0.0112. The van der Waals surface area contributed by atoms with Crippen LogP contribution in [0.15, 0.2) is 60.7 Å². The van der Waals surface area contributed by atoms with Crippen molar-refractivity contribution in [3.05, 3.63) is 71.8 Å². The summed E-state index contributed by atoms with van der Waals surface area (Å²) in [5.74, 6) is 0.823. The van der Waals surface area contributed by atoms with E-state index < -0.39 is 0 Å². The summed E-state index contributed by atoms with van der Waals surface area (Å²) in [4.78, 5) is 0. The molecular weight excluding hydrogens is 432 g/mol. The molecule has 2 aromatic rings. The molecule has 0 aromatic heterocycles. The van der Waals surface area contributed by atoms with E-state index in [1.165, 1.54) is 11.1 Å². The number of aliphatic hydroxyl groups is 2. The molecule has 0 saturated heterocycles. The first-order valence-corrected chi connectivity index (χ1v) is 12.4. The lowest BCUT2D eigenvalue weighted by Gasteiger charge is -2.28. The molecule has 0 unspecified atom stereocenters. The van der Waals surface area contributed by atoms with E-state index in [-0.39, 0.29) is 13.2 Å². The van der Waals surface area contributed by atoms with Crippen LogP contribution in [0.1, 0.15) is 24.0 Å². The number of aliphatic hydroxyl groups excluding tert-OH is 2. The van der Waals surface area contributed by atoms with Crippen molar-refractivity contribution in [3.63, 3.8) is 0 Å². The van der Waals surface area contributed by atoms with Crippen LogP contribution in [0.25, 0.3) is 0 Å². The number of hydrogen-bond donors (Lipinski definition) is 2. The predicted octanol–water partition coefficient (Wildman–Crippen LogP) is 3.54. The Morgan fingerprint density at radius 1 is 0.529 bits per heavy atom. The molecular formula is C28H42O6. The Hall–Kier alpha value is -1.80. The second-order valence-electron chi connectivity index (χ2n) is 8.40. The van der Waals surface area contributed by atoms with Crippen LogP contribution < -0.4 is 0 Å². The van der Waals surface area contributed by atoms with Crippen LogP contribution in [0, 0.1) is 11.8 Å². The SMILES string of the molecule is OCCOCCOCCC[C@H](Cc1ccccc1)[C@H](COCCOCCO)Cc1ccccc1. The maximum Gasteiger partial charge on any atom is 0.0701 e. The second kappa shape index (κ2) is 19.5. The van der Waals surface area contributed by atoms with Gasteiger partial charge in [-0.1, -0.05) is 60.7 Å². The summed E-state index contributed by atoms with van der Waals surface area (Å²) in [7, 11) is 0. The minimum absolute atomic E-state index is 0.0331. The van der Waals surface area contributed by atoms with Gasteiger partial charge in [0.1, 0.15) is 0 Å². The lowest BCUT2D eigenvalue weighted by atomic mass is 9.80. The fourth-order valence-electron chi connectivity index (χ4n) is 4.05. The second-order valence-corrected chi connectivity index (χ2v) is 8.40. The van der Waals surface area contributed by atoms with Gasteiger partial charge in [0.25, 0.3) is 0 Å². The van der Waals surface area contributed by atoms with Crippen molar-refractivity contribution >= 4 is 0 Å². The number of benzene rings is 2. The maximum atomic E-state index is 8.87. The zero-order valence-corrected chi connectivity index (χ0v) is 20.4. The first kappa shape index (κ1) is 28.4. The molecule has 0 aliphatic rings. The molecule has 6 nitrogen and oxygen atoms in total. The highest BCUT2D eigenvalue weighted by Crippen LogP contribution is 2.27. The molecule has 2 aromatic carbocycles. The Bertz CT molecular complexity index is 697. The molecule has 2 atom stereocenters. The van der Waals surface area contributed by atoms with Gasteiger partial charge in [-0.25, -0.2) is 0 Å². The number of hydrogen-bond acceptors (Lipinski definition) is 6. The van der Waals surface area contributed by atoms with Gasteiger partial charge in [-0.2, -0.15) is 0 Å². The van der Waals surface area contributed by atoms with Gasteiger partial charge < -0.3 is 29.2 Å². The van der Waals surface area contributed by atoms with E-state index in [0.29, 0.717) is 64.7 Å². The Morgan fingerprint density at radius 2 is 1.00 bits per heavy atom. The van der Waals surface area contributed by atoms with E-state index in [2.05, 4.69) is 60.7 Å². The Morgan fingerprint density at radius 3 is 1.53 bits per heavy atom. The van der Waals surface area contributed by atoms with Crippen LogP contribution in [0.5, 0.6) is 0 Å². The van der Waals surface area contributed by atoms with Crippen molar-refractivity contribution < 1.29 is 29.2 Å². The first-order valence-electron chi connectivity index (χ1n) is 12.4. The molecule has 0 bridgehead atoms. The van der Waals surface area contributed by atoms with E-state index in [1.54, 1.807) is 0 Å². The topological polar surface area (TPSA) is 77.4 Å². The molecule has 0 amide bonds. The maximum absolute atomic E-state index is 8.87. The first-order chi connectivity index (χ1) is 16.8. The number of ether oxygens (including phenoxy) is 4. The fraction of sp³-hybridized carbons (Fsp3) is 0.571. The third kappa shape index (κ3) is 13.2. The minimum atomic E-state index is 0.0331. The lowest BCUT2D eigenvalue weighted by Crippen LogP contribution is -2.26. The summed E-state index contributed by atoms with van der Waals surface area (Å²) in [6.07, 6.45) is 3.99. The van der Waals surface area contributed by atoms with Crippen molar-refractivity contribution in [1.82, 2.24) is 0 Å². The summed E-state index contributed by atoms with van der Waals surface area (Å²) < 4.78 is 22.4. The van der Waals surface area contributed by atoms with Crippen LogP contribution in [-0.4, -0.2) is 76.3 Å². The van der Waals surface area contributed by atoms with E-state index in [0.717, 1.165) is 25.7 Å². The van der Waals surface area contributed by atoms with E-state index in [4.69, 9.17) is 29.2 Å². The van der Waals surface area contributed by atoms with Crippen LogP contribution in [0.3, 0.4) is 0 Å². The highest BCUT2D eigenvalue weighted by Gasteiger charge is 2.23. The molecule has 0 aliphatic heterocycles. The Balaban J connectivity index is 1.95. The van der Waals surface area contributed by atoms with Crippen molar-refractivity contribution in [2.75, 3.05) is 66.1 Å². The molecule has 0 saturated carbocycles. The molecule has 190 valence electrons. The molecule has 34 heavy (non-hydrogen) atoms. The van der Waals surface area contributed by atoms with Crippen LogP contribution in [0.4, 0.5) is 0 Å². The van der Waals surface area contributed by atoms with Gasteiger partial charge in [0.2, 0.25) is 0 Å². The standard InChI is InChI=1S/C28H42O6/c29-13-16-32-19-18-31-15-7-12-27(22-25-8-3-1-4-9-25)28(23-26-10-5-2-6-11-26)24-34-21-20-33-17-14-30/h1-6,8-11,27-30H,7,12-24H2/t27-,28+/m1/s1. The van der Waals surface area contributed by atoms with Crippen LogP contribution >= 0.6 is 0 Å². The summed E-state index contributed by atoms with van der Waals surface area (Å²) in [5.41, 5.74) is 2.66. The smallest absolute Gasteiger partial charge is 0.0701 e. The molecule has 2 N–H and O–H groups in total. The van der Waals surface area contributed by atoms with Gasteiger partial charge in [0.15, 0.2) is 0 Å². The quantitative estimate of drug-likeness (QED) is 0.270. The largest absolute Gasteiger partial charge is 0.394 e. The Kier molecular flexibility index (Phi) is 16.3. The fourth-order valence-corrected chi connectivity index (χ4v) is 4.05. The average molecular weight is 475 g/mol. The van der Waals surface area contributed by atoms with E-state index >= 15 is 0 Å². The van der Waals surface area contributed by atoms with E-state index in [9.17, 15) is 0 Å². The summed E-state index contributed by atoms with van der Waals surface area (Å²) in [6, 6.07) is 21.3. The van der Waals surface area contributed by atoms with Gasteiger partial charge in [-0.05, 0) is 48.6 Å². The van der Waals surface area contributed by atoms with Gasteiger partial charge >= 0.3 is 0 Å². The zero-order valence-electron chi connectivity index (χ0n) is 20.4.